The number of nitrogens with two attached hydrogens (primary N) is 1. The number of furan rings is 1. The summed E-state index contributed by atoms with van der Waals surface area (Å²) < 4.78 is 5.05. The molecule has 1 aromatic heterocycles. The highest BCUT2D eigenvalue weighted by atomic mass is 35.5. The van der Waals surface area contributed by atoms with Gasteiger partial charge in [-0.15, -0.1) is 12.4 Å². The minimum absolute atomic E-state index is 0. The number of benzene rings is 1. The summed E-state index contributed by atoms with van der Waals surface area (Å²) in [6, 6.07) is 10.4. The van der Waals surface area contributed by atoms with Gasteiger partial charge in [0, 0.05) is 23.8 Å². The largest absolute Gasteiger partial charge is 0.459 e. The van der Waals surface area contributed by atoms with Crippen molar-refractivity contribution in [3.8, 4) is 0 Å². The standard InChI is InChI=1S/C19H23N3O3.ClH/c20-16-5-2-1-4-13(16)12-18(23)21-14-7-9-15(10-8-14)22-19(24)17-6-3-11-25-17;/h3,6-11,13,16H,1-2,4-5,12,20H2,(H,21,23)(H,22,24);1H. The number of hydrogen-bond acceptors (Lipinski definition) is 4. The summed E-state index contributed by atoms with van der Waals surface area (Å²) in [4.78, 5) is 24.1. The molecule has 2 amide bonds. The molecule has 0 radical (unpaired) electrons. The fraction of sp³-hybridized carbons (Fsp3) is 0.368. The number of amides is 2. The molecule has 3 rings (SSSR count). The van der Waals surface area contributed by atoms with Gasteiger partial charge in [0.15, 0.2) is 5.76 Å². The lowest BCUT2D eigenvalue weighted by molar-refractivity contribution is -0.117. The van der Waals surface area contributed by atoms with Crippen LogP contribution in [0.15, 0.2) is 47.1 Å². The van der Waals surface area contributed by atoms with Crippen molar-refractivity contribution in [3.05, 3.63) is 48.4 Å². The zero-order chi connectivity index (χ0) is 17.6. The van der Waals surface area contributed by atoms with Crippen LogP contribution >= 0.6 is 12.4 Å². The number of carbonyl (C=O) groups is 2. The van der Waals surface area contributed by atoms with E-state index in [4.69, 9.17) is 10.2 Å². The van der Waals surface area contributed by atoms with Gasteiger partial charge in [-0.3, -0.25) is 9.59 Å². The summed E-state index contributed by atoms with van der Waals surface area (Å²) >= 11 is 0. The average molecular weight is 378 g/mol. The number of carbonyl (C=O) groups excluding carboxylic acids is 2. The Morgan fingerprint density at radius 2 is 1.69 bits per heavy atom. The SMILES string of the molecule is Cl.NC1CCCCC1CC(=O)Nc1ccc(NC(=O)c2ccco2)cc1. The smallest absolute Gasteiger partial charge is 0.291 e. The van der Waals surface area contributed by atoms with Gasteiger partial charge in [0.2, 0.25) is 5.91 Å². The van der Waals surface area contributed by atoms with Gasteiger partial charge >= 0.3 is 0 Å². The highest BCUT2D eigenvalue weighted by Crippen LogP contribution is 2.26. The van der Waals surface area contributed by atoms with Crippen LogP contribution in [0.25, 0.3) is 0 Å². The predicted molar refractivity (Wildman–Crippen MR) is 104 cm³/mol. The summed E-state index contributed by atoms with van der Waals surface area (Å²) in [5, 5.41) is 5.63. The number of anilines is 2. The summed E-state index contributed by atoms with van der Waals surface area (Å²) in [6.07, 6.45) is 6.23. The highest BCUT2D eigenvalue weighted by molar-refractivity contribution is 6.02. The lowest BCUT2D eigenvalue weighted by Gasteiger charge is -2.27. The monoisotopic (exact) mass is 377 g/mol. The van der Waals surface area contributed by atoms with E-state index in [2.05, 4.69) is 10.6 Å². The first-order chi connectivity index (χ1) is 12.1. The van der Waals surface area contributed by atoms with E-state index in [9.17, 15) is 9.59 Å². The van der Waals surface area contributed by atoms with E-state index in [0.717, 1.165) is 25.7 Å². The molecule has 0 saturated heterocycles. The third kappa shape index (κ3) is 5.34. The maximum Gasteiger partial charge on any atom is 0.291 e. The van der Waals surface area contributed by atoms with Gasteiger partial charge in [0.05, 0.1) is 6.26 Å². The van der Waals surface area contributed by atoms with E-state index in [1.54, 1.807) is 36.4 Å². The first kappa shape index (κ1) is 20.0. The minimum atomic E-state index is -0.312. The maximum absolute atomic E-state index is 12.2. The van der Waals surface area contributed by atoms with Crippen molar-refractivity contribution in [1.29, 1.82) is 0 Å². The van der Waals surface area contributed by atoms with Crippen LogP contribution in [0.1, 0.15) is 42.7 Å². The zero-order valence-electron chi connectivity index (χ0n) is 14.4. The number of hydrogen-bond donors (Lipinski definition) is 3. The molecule has 1 fully saturated rings. The van der Waals surface area contributed by atoms with Gasteiger partial charge in [0.25, 0.3) is 5.91 Å². The molecular formula is C19H24ClN3O3. The maximum atomic E-state index is 12.2. The average Bonchev–Trinajstić information content (AvgIpc) is 3.13. The normalized spacial score (nSPS) is 19.3. The summed E-state index contributed by atoms with van der Waals surface area (Å²) in [6.45, 7) is 0. The molecule has 1 heterocycles. The lowest BCUT2D eigenvalue weighted by atomic mass is 9.83. The third-order valence-corrected chi connectivity index (χ3v) is 4.59. The van der Waals surface area contributed by atoms with E-state index in [-0.39, 0.29) is 41.9 Å². The van der Waals surface area contributed by atoms with Crippen LogP contribution in [-0.4, -0.2) is 17.9 Å². The molecule has 2 aromatic rings. The fourth-order valence-electron chi connectivity index (χ4n) is 3.18. The van der Waals surface area contributed by atoms with Gasteiger partial charge in [-0.25, -0.2) is 0 Å². The van der Waals surface area contributed by atoms with Crippen LogP contribution in [0.2, 0.25) is 0 Å². The first-order valence-corrected chi connectivity index (χ1v) is 8.62. The van der Waals surface area contributed by atoms with Gasteiger partial charge in [-0.05, 0) is 55.2 Å². The van der Waals surface area contributed by atoms with E-state index >= 15 is 0 Å². The number of rotatable bonds is 5. The van der Waals surface area contributed by atoms with Gasteiger partial charge in [-0.2, -0.15) is 0 Å². The van der Waals surface area contributed by atoms with E-state index < -0.39 is 0 Å². The highest BCUT2D eigenvalue weighted by Gasteiger charge is 2.24. The topological polar surface area (TPSA) is 97.4 Å². The molecule has 0 bridgehead atoms. The van der Waals surface area contributed by atoms with Crippen molar-refractivity contribution >= 4 is 35.6 Å². The molecule has 2 unspecified atom stereocenters. The van der Waals surface area contributed by atoms with E-state index in [0.29, 0.717) is 17.8 Å². The summed E-state index contributed by atoms with van der Waals surface area (Å²) in [5.41, 5.74) is 7.43. The summed E-state index contributed by atoms with van der Waals surface area (Å²) in [5.74, 6) is 0.185. The Labute approximate surface area is 158 Å². The Hall–Kier alpha value is -2.31. The molecule has 4 N–H and O–H groups in total. The van der Waals surface area contributed by atoms with Crippen molar-refractivity contribution < 1.29 is 14.0 Å². The second kappa shape index (κ2) is 9.40. The Bertz CT molecular complexity index is 716. The molecule has 0 aliphatic heterocycles. The van der Waals surface area contributed by atoms with Crippen molar-refractivity contribution in [3.63, 3.8) is 0 Å². The molecule has 26 heavy (non-hydrogen) atoms. The Kier molecular flexibility index (Phi) is 7.24. The quantitative estimate of drug-likeness (QED) is 0.738. The second-order valence-electron chi connectivity index (χ2n) is 6.47. The van der Waals surface area contributed by atoms with Crippen molar-refractivity contribution in [2.24, 2.45) is 11.7 Å². The molecular weight excluding hydrogens is 354 g/mol. The molecule has 6 nitrogen and oxygen atoms in total. The molecule has 0 spiro atoms. The van der Waals surface area contributed by atoms with Crippen LogP contribution in [0.4, 0.5) is 11.4 Å². The van der Waals surface area contributed by atoms with Crippen LogP contribution in [0, 0.1) is 5.92 Å². The van der Waals surface area contributed by atoms with Gasteiger partial charge < -0.3 is 20.8 Å². The second-order valence-corrected chi connectivity index (χ2v) is 6.47. The van der Waals surface area contributed by atoms with Crippen molar-refractivity contribution in [2.75, 3.05) is 10.6 Å². The fourth-order valence-corrected chi connectivity index (χ4v) is 3.18. The van der Waals surface area contributed by atoms with Gasteiger partial charge in [0.1, 0.15) is 0 Å². The van der Waals surface area contributed by atoms with E-state index in [1.807, 2.05) is 0 Å². The summed E-state index contributed by atoms with van der Waals surface area (Å²) in [7, 11) is 0. The Balaban J connectivity index is 0.00000243. The molecule has 1 aliphatic carbocycles. The van der Waals surface area contributed by atoms with Crippen LogP contribution in [0.5, 0.6) is 0 Å². The molecule has 1 saturated carbocycles. The van der Waals surface area contributed by atoms with Crippen LogP contribution < -0.4 is 16.4 Å². The molecule has 1 aromatic carbocycles. The Morgan fingerprint density at radius 1 is 1.04 bits per heavy atom. The van der Waals surface area contributed by atoms with Crippen LogP contribution in [-0.2, 0) is 4.79 Å². The third-order valence-electron chi connectivity index (χ3n) is 4.59. The molecule has 2 atom stereocenters. The molecule has 1 aliphatic rings. The minimum Gasteiger partial charge on any atom is -0.459 e. The molecule has 7 heteroatoms. The number of halogens is 1. The zero-order valence-corrected chi connectivity index (χ0v) is 15.3. The molecule has 140 valence electrons. The predicted octanol–water partition coefficient (Wildman–Crippen LogP) is 3.80. The van der Waals surface area contributed by atoms with E-state index in [1.165, 1.54) is 6.26 Å². The first-order valence-electron chi connectivity index (χ1n) is 8.62. The van der Waals surface area contributed by atoms with Crippen molar-refractivity contribution in [2.45, 2.75) is 38.1 Å². The van der Waals surface area contributed by atoms with Gasteiger partial charge in [-0.1, -0.05) is 12.8 Å². The number of nitrogens with one attached hydrogen (secondary N) is 2. The lowest BCUT2D eigenvalue weighted by Crippen LogP contribution is -2.35. The van der Waals surface area contributed by atoms with Crippen LogP contribution in [0.3, 0.4) is 0 Å². The van der Waals surface area contributed by atoms with Crippen molar-refractivity contribution in [1.82, 2.24) is 0 Å². The Morgan fingerprint density at radius 3 is 2.31 bits per heavy atom.